The number of nitrogens with zero attached hydrogens (tertiary/aromatic N) is 4. The van der Waals surface area contributed by atoms with Gasteiger partial charge in [-0.1, -0.05) is 11.3 Å². The fraction of sp³-hybridized carbons (Fsp3) is 0.625. The average Bonchev–Trinajstić information content (AvgIpc) is 3.11. The molecule has 2 aromatic rings. The minimum Gasteiger partial charge on any atom is -0.444 e. The summed E-state index contributed by atoms with van der Waals surface area (Å²) in [6.45, 7) is 6.45. The third-order valence-corrected chi connectivity index (χ3v) is 4.93. The van der Waals surface area contributed by atoms with Gasteiger partial charge in [-0.25, -0.2) is 4.79 Å². The molecule has 3 rings (SSSR count). The predicted molar refractivity (Wildman–Crippen MR) is 98.9 cm³/mol. The normalized spacial score (nSPS) is 18.1. The van der Waals surface area contributed by atoms with Gasteiger partial charge in [-0.15, -0.1) is 0 Å². The Morgan fingerprint density at radius 2 is 2.27 bits per heavy atom. The summed E-state index contributed by atoms with van der Waals surface area (Å²) in [5.41, 5.74) is -0.566. The lowest BCUT2D eigenvalue weighted by Crippen LogP contribution is -2.48. The lowest BCUT2D eigenvalue weighted by atomic mass is 10.0. The molecule has 1 unspecified atom stereocenters. The van der Waals surface area contributed by atoms with E-state index in [1.54, 1.807) is 32.3 Å². The van der Waals surface area contributed by atoms with Gasteiger partial charge in [-0.2, -0.15) is 9.38 Å². The van der Waals surface area contributed by atoms with Crippen molar-refractivity contribution >= 4 is 34.0 Å². The molecule has 0 radical (unpaired) electrons. The van der Waals surface area contributed by atoms with E-state index < -0.39 is 16.6 Å². The molecule has 1 fully saturated rings. The number of carbonyl (C=O) groups excluding carboxylic acids is 1. The summed E-state index contributed by atoms with van der Waals surface area (Å²) < 4.78 is 6.78. The first-order valence-corrected chi connectivity index (χ1v) is 9.47. The topological polar surface area (TPSA) is 102 Å². The fourth-order valence-corrected chi connectivity index (χ4v) is 3.84. The van der Waals surface area contributed by atoms with E-state index in [4.69, 9.17) is 4.74 Å². The minimum absolute atomic E-state index is 0.0228. The molecule has 142 valence electrons. The number of imidazole rings is 1. The molecule has 1 atom stereocenters. The van der Waals surface area contributed by atoms with Crippen molar-refractivity contribution in [1.82, 2.24) is 14.7 Å². The Bertz CT molecular complexity index is 809. The van der Waals surface area contributed by atoms with Crippen LogP contribution in [0.3, 0.4) is 0 Å². The van der Waals surface area contributed by atoms with E-state index in [0.717, 1.165) is 19.3 Å². The van der Waals surface area contributed by atoms with Gasteiger partial charge >= 0.3 is 11.9 Å². The number of ether oxygens (including phenoxy) is 1. The Kier molecular flexibility index (Phi) is 5.03. The smallest absolute Gasteiger partial charge is 0.407 e. The Morgan fingerprint density at radius 1 is 1.50 bits per heavy atom. The van der Waals surface area contributed by atoms with Gasteiger partial charge in [0.05, 0.1) is 0 Å². The first-order chi connectivity index (χ1) is 12.3. The molecule has 3 heterocycles. The van der Waals surface area contributed by atoms with Gasteiger partial charge in [0.2, 0.25) is 5.82 Å². The Balaban J connectivity index is 1.79. The summed E-state index contributed by atoms with van der Waals surface area (Å²) in [4.78, 5) is 30.2. The Hall–Kier alpha value is -2.36. The SMILES string of the molecule is CC(C)(C)OC(=O)NCC1CCCCN1c1nc2sccn2c1[N+](=O)[O-]. The third kappa shape index (κ3) is 3.90. The first-order valence-electron chi connectivity index (χ1n) is 8.59. The van der Waals surface area contributed by atoms with E-state index in [0.29, 0.717) is 23.9 Å². The molecule has 1 N–H and O–H groups in total. The molecule has 0 aromatic carbocycles. The van der Waals surface area contributed by atoms with Crippen LogP contribution in [-0.2, 0) is 4.74 Å². The molecular weight excluding hydrogens is 358 g/mol. The summed E-state index contributed by atoms with van der Waals surface area (Å²) >= 11 is 1.36. The highest BCUT2D eigenvalue weighted by Crippen LogP contribution is 2.34. The van der Waals surface area contributed by atoms with E-state index in [9.17, 15) is 14.9 Å². The van der Waals surface area contributed by atoms with Crippen LogP contribution in [0, 0.1) is 10.1 Å². The molecule has 1 aliphatic rings. The zero-order valence-electron chi connectivity index (χ0n) is 15.1. The van der Waals surface area contributed by atoms with Crippen LogP contribution in [0.2, 0.25) is 0 Å². The molecule has 1 saturated heterocycles. The number of amides is 1. The van der Waals surface area contributed by atoms with Crippen LogP contribution in [-0.4, -0.2) is 45.1 Å². The van der Waals surface area contributed by atoms with E-state index in [-0.39, 0.29) is 11.9 Å². The van der Waals surface area contributed by atoms with Crippen LogP contribution < -0.4 is 10.2 Å². The standard InChI is InChI=1S/C16H23N5O4S/c1-16(2,3)25-15(22)17-10-11-6-4-5-7-19(11)12-13(21(23)24)20-8-9-26-14(20)18-12/h8-9,11H,4-7,10H2,1-3H3,(H,17,22). The second-order valence-electron chi connectivity index (χ2n) is 7.30. The second-order valence-corrected chi connectivity index (χ2v) is 8.17. The summed E-state index contributed by atoms with van der Waals surface area (Å²) in [6.07, 6.45) is 3.95. The number of nitrogens with one attached hydrogen (secondary N) is 1. The number of rotatable bonds is 4. The molecule has 0 bridgehead atoms. The highest BCUT2D eigenvalue weighted by Gasteiger charge is 2.33. The molecular formula is C16H23N5O4S. The number of carbonyl (C=O) groups is 1. The van der Waals surface area contributed by atoms with E-state index >= 15 is 0 Å². The summed E-state index contributed by atoms with van der Waals surface area (Å²) in [7, 11) is 0. The van der Waals surface area contributed by atoms with E-state index in [1.807, 2.05) is 4.90 Å². The predicted octanol–water partition coefficient (Wildman–Crippen LogP) is 3.19. The Labute approximate surface area is 155 Å². The summed E-state index contributed by atoms with van der Waals surface area (Å²) in [5, 5.41) is 16.2. The lowest BCUT2D eigenvalue weighted by molar-refractivity contribution is -0.389. The fourth-order valence-electron chi connectivity index (χ4n) is 3.13. The maximum absolute atomic E-state index is 11.9. The van der Waals surface area contributed by atoms with Crippen molar-refractivity contribution in [3.63, 3.8) is 0 Å². The first kappa shape index (κ1) is 18.4. The number of aromatic nitrogens is 2. The molecule has 1 aliphatic heterocycles. The van der Waals surface area contributed by atoms with Crippen molar-refractivity contribution in [3.8, 4) is 0 Å². The van der Waals surface area contributed by atoms with Crippen molar-refractivity contribution < 1.29 is 14.5 Å². The summed E-state index contributed by atoms with van der Waals surface area (Å²) in [6, 6.07) is -0.0559. The zero-order valence-corrected chi connectivity index (χ0v) is 15.9. The van der Waals surface area contributed by atoms with Crippen molar-refractivity contribution in [2.24, 2.45) is 0 Å². The van der Waals surface area contributed by atoms with Crippen LogP contribution in [0.15, 0.2) is 11.6 Å². The van der Waals surface area contributed by atoms with Gasteiger partial charge in [0.1, 0.15) is 11.8 Å². The van der Waals surface area contributed by atoms with Gasteiger partial charge in [0.15, 0.2) is 0 Å². The highest BCUT2D eigenvalue weighted by atomic mass is 32.1. The van der Waals surface area contributed by atoms with Crippen LogP contribution in [0.1, 0.15) is 40.0 Å². The zero-order chi connectivity index (χ0) is 18.9. The maximum atomic E-state index is 11.9. The van der Waals surface area contributed by atoms with E-state index in [2.05, 4.69) is 10.3 Å². The number of piperidine rings is 1. The molecule has 26 heavy (non-hydrogen) atoms. The Morgan fingerprint density at radius 3 is 2.96 bits per heavy atom. The van der Waals surface area contributed by atoms with Crippen molar-refractivity contribution in [1.29, 1.82) is 0 Å². The van der Waals surface area contributed by atoms with Gasteiger partial charge in [-0.05, 0) is 45.0 Å². The monoisotopic (exact) mass is 381 g/mol. The molecule has 0 saturated carbocycles. The number of anilines is 1. The van der Waals surface area contributed by atoms with Crippen molar-refractivity contribution in [2.75, 3.05) is 18.0 Å². The molecule has 9 nitrogen and oxygen atoms in total. The number of fused-ring (bicyclic) bond motifs is 1. The lowest BCUT2D eigenvalue weighted by Gasteiger charge is -2.35. The minimum atomic E-state index is -0.566. The largest absolute Gasteiger partial charge is 0.444 e. The van der Waals surface area contributed by atoms with Crippen LogP contribution >= 0.6 is 11.3 Å². The molecule has 0 spiro atoms. The maximum Gasteiger partial charge on any atom is 0.407 e. The third-order valence-electron chi connectivity index (χ3n) is 4.17. The highest BCUT2D eigenvalue weighted by molar-refractivity contribution is 7.15. The number of alkyl carbamates (subject to hydrolysis) is 1. The molecule has 2 aromatic heterocycles. The van der Waals surface area contributed by atoms with Crippen molar-refractivity contribution in [2.45, 2.75) is 51.7 Å². The number of thiazole rings is 1. The van der Waals surface area contributed by atoms with Gasteiger partial charge in [0.25, 0.3) is 4.96 Å². The second kappa shape index (κ2) is 7.10. The van der Waals surface area contributed by atoms with E-state index in [1.165, 1.54) is 15.7 Å². The van der Waals surface area contributed by atoms with Gasteiger partial charge < -0.3 is 25.1 Å². The van der Waals surface area contributed by atoms with Gasteiger partial charge in [0, 0.05) is 24.5 Å². The van der Waals surface area contributed by atoms with Crippen LogP contribution in [0.4, 0.5) is 16.4 Å². The average molecular weight is 381 g/mol. The van der Waals surface area contributed by atoms with Crippen molar-refractivity contribution in [3.05, 3.63) is 21.7 Å². The van der Waals surface area contributed by atoms with Crippen LogP contribution in [0.5, 0.6) is 0 Å². The number of hydrogen-bond donors (Lipinski definition) is 1. The summed E-state index contributed by atoms with van der Waals surface area (Å²) in [5.74, 6) is 0.350. The molecule has 1 amide bonds. The van der Waals surface area contributed by atoms with Crippen LogP contribution in [0.25, 0.3) is 4.96 Å². The molecule has 10 heteroatoms. The number of nitro groups is 1. The quantitative estimate of drug-likeness (QED) is 0.644. The number of hydrogen-bond acceptors (Lipinski definition) is 7. The molecule has 0 aliphatic carbocycles. The van der Waals surface area contributed by atoms with Gasteiger partial charge in [-0.3, -0.25) is 0 Å².